The van der Waals surface area contributed by atoms with E-state index in [1.54, 1.807) is 0 Å². The fraction of sp³-hybridized carbons (Fsp3) is 1.00. The van der Waals surface area contributed by atoms with Gasteiger partial charge in [-0.15, -0.1) is 0 Å². The molecule has 0 aromatic rings. The zero-order valence-corrected chi connectivity index (χ0v) is 22.1. The Hall–Kier alpha value is -0.480. The highest BCUT2D eigenvalue weighted by molar-refractivity contribution is 4.41. The molecule has 0 aliphatic rings. The maximum atomic E-state index is 9.52. The van der Waals surface area contributed by atoms with E-state index < -0.39 is 6.29 Å². The standard InChI is InChI=1S/C24H50O12/c1-2-3-5-36-24(26)23-35-22-21-34-20-19-33-18-17-32-16-15-31-14-13-30-12-11-29-10-9-28-8-7-27-6-4-25/h24-26H,2-23H2,1H3. The molecule has 0 saturated heterocycles. The molecule has 0 aliphatic carbocycles. The van der Waals surface area contributed by atoms with Gasteiger partial charge in [0.05, 0.1) is 126 Å². The molecule has 0 fully saturated rings. The average Bonchev–Trinajstić information content (AvgIpc) is 2.88. The molecule has 1 unspecified atom stereocenters. The third kappa shape index (κ3) is 31.5. The fourth-order valence-electron chi connectivity index (χ4n) is 2.42. The summed E-state index contributed by atoms with van der Waals surface area (Å²) >= 11 is 0. The minimum atomic E-state index is -0.878. The topological polar surface area (TPSA) is 133 Å². The van der Waals surface area contributed by atoms with Crippen LogP contribution in [0.15, 0.2) is 0 Å². The Morgan fingerprint density at radius 2 is 0.750 bits per heavy atom. The minimum Gasteiger partial charge on any atom is -0.394 e. The summed E-state index contributed by atoms with van der Waals surface area (Å²) < 4.78 is 53.3. The SMILES string of the molecule is CCCCOC(O)COCCOCCOCCOCCOCCOCCOCCOCCOCCO. The van der Waals surface area contributed by atoms with Crippen LogP contribution in [0.25, 0.3) is 0 Å². The molecule has 0 spiro atoms. The summed E-state index contributed by atoms with van der Waals surface area (Å²) in [6, 6.07) is 0. The smallest absolute Gasteiger partial charge is 0.178 e. The number of rotatable bonds is 32. The van der Waals surface area contributed by atoms with Gasteiger partial charge in [-0.25, -0.2) is 0 Å². The van der Waals surface area contributed by atoms with E-state index in [-0.39, 0.29) is 13.2 Å². The van der Waals surface area contributed by atoms with Crippen molar-refractivity contribution >= 4 is 0 Å². The number of hydrogen-bond acceptors (Lipinski definition) is 12. The van der Waals surface area contributed by atoms with Crippen molar-refractivity contribution < 1.29 is 57.6 Å². The second-order valence-corrected chi connectivity index (χ2v) is 7.38. The van der Waals surface area contributed by atoms with Crippen molar-refractivity contribution in [1.29, 1.82) is 0 Å². The molecular formula is C24H50O12. The van der Waals surface area contributed by atoms with Gasteiger partial charge in [0.2, 0.25) is 0 Å². The van der Waals surface area contributed by atoms with E-state index in [0.29, 0.717) is 119 Å². The first-order valence-electron chi connectivity index (χ1n) is 12.9. The van der Waals surface area contributed by atoms with Crippen molar-refractivity contribution in [2.45, 2.75) is 26.1 Å². The molecule has 0 rings (SSSR count). The molecule has 0 aliphatic heterocycles. The molecule has 2 N–H and O–H groups in total. The Morgan fingerprint density at radius 1 is 0.444 bits per heavy atom. The molecule has 12 nitrogen and oxygen atoms in total. The van der Waals surface area contributed by atoms with Gasteiger partial charge in [-0.2, -0.15) is 0 Å². The summed E-state index contributed by atoms with van der Waals surface area (Å²) in [5.41, 5.74) is 0. The maximum absolute atomic E-state index is 9.52. The Kier molecular flexibility index (Phi) is 32.1. The number of ether oxygens (including phenoxy) is 10. The number of aliphatic hydroxyl groups is 2. The molecule has 36 heavy (non-hydrogen) atoms. The van der Waals surface area contributed by atoms with Gasteiger partial charge in [0, 0.05) is 6.61 Å². The van der Waals surface area contributed by atoms with Gasteiger partial charge in [-0.3, -0.25) is 0 Å². The van der Waals surface area contributed by atoms with Gasteiger partial charge >= 0.3 is 0 Å². The Morgan fingerprint density at radius 3 is 1.06 bits per heavy atom. The van der Waals surface area contributed by atoms with Crippen LogP contribution in [0.3, 0.4) is 0 Å². The van der Waals surface area contributed by atoms with Crippen LogP contribution in [0.5, 0.6) is 0 Å². The summed E-state index contributed by atoms with van der Waals surface area (Å²) in [4.78, 5) is 0. The molecule has 0 amide bonds. The largest absolute Gasteiger partial charge is 0.394 e. The van der Waals surface area contributed by atoms with Crippen molar-refractivity contribution in [3.63, 3.8) is 0 Å². The average molecular weight is 531 g/mol. The highest BCUT2D eigenvalue weighted by Gasteiger charge is 2.03. The Balaban J connectivity index is 3.05. The normalized spacial score (nSPS) is 12.4. The summed E-state index contributed by atoms with van der Waals surface area (Å²) in [5, 5.41) is 18.1. The van der Waals surface area contributed by atoms with E-state index in [2.05, 4.69) is 6.92 Å². The summed E-state index contributed by atoms with van der Waals surface area (Å²) in [5.74, 6) is 0. The van der Waals surface area contributed by atoms with E-state index in [4.69, 9.17) is 52.5 Å². The lowest BCUT2D eigenvalue weighted by molar-refractivity contribution is -0.141. The van der Waals surface area contributed by atoms with Gasteiger partial charge in [-0.1, -0.05) is 13.3 Å². The molecule has 0 aromatic carbocycles. The second kappa shape index (κ2) is 32.5. The molecule has 0 heterocycles. The molecule has 0 aromatic heterocycles. The Labute approximate surface area is 216 Å². The van der Waals surface area contributed by atoms with Crippen LogP contribution < -0.4 is 0 Å². The van der Waals surface area contributed by atoms with Crippen LogP contribution in [0, 0.1) is 0 Å². The van der Waals surface area contributed by atoms with E-state index in [9.17, 15) is 5.11 Å². The van der Waals surface area contributed by atoms with Crippen LogP contribution in [-0.4, -0.2) is 149 Å². The fourth-order valence-corrected chi connectivity index (χ4v) is 2.42. The maximum Gasteiger partial charge on any atom is 0.178 e. The van der Waals surface area contributed by atoms with Crippen LogP contribution in [0.2, 0.25) is 0 Å². The summed E-state index contributed by atoms with van der Waals surface area (Å²) in [7, 11) is 0. The molecule has 1 atom stereocenters. The van der Waals surface area contributed by atoms with Gasteiger partial charge in [0.15, 0.2) is 6.29 Å². The highest BCUT2D eigenvalue weighted by Crippen LogP contribution is 1.94. The lowest BCUT2D eigenvalue weighted by Crippen LogP contribution is -2.21. The van der Waals surface area contributed by atoms with Crippen molar-refractivity contribution in [3.8, 4) is 0 Å². The molecule has 218 valence electrons. The lowest BCUT2D eigenvalue weighted by atomic mass is 10.4. The first-order chi connectivity index (χ1) is 17.8. The van der Waals surface area contributed by atoms with Crippen molar-refractivity contribution in [2.75, 3.05) is 132 Å². The Bertz CT molecular complexity index is 392. The van der Waals surface area contributed by atoms with Gasteiger partial charge in [0.1, 0.15) is 0 Å². The third-order valence-corrected chi connectivity index (χ3v) is 4.28. The summed E-state index contributed by atoms with van der Waals surface area (Å²) in [6.45, 7) is 10.9. The molecular weight excluding hydrogens is 480 g/mol. The molecule has 0 radical (unpaired) electrons. The quantitative estimate of drug-likeness (QED) is 0.0913. The van der Waals surface area contributed by atoms with Crippen molar-refractivity contribution in [1.82, 2.24) is 0 Å². The first kappa shape index (κ1) is 35.5. The van der Waals surface area contributed by atoms with Crippen molar-refractivity contribution in [2.24, 2.45) is 0 Å². The van der Waals surface area contributed by atoms with Gasteiger partial charge in [-0.05, 0) is 6.42 Å². The first-order valence-corrected chi connectivity index (χ1v) is 12.9. The van der Waals surface area contributed by atoms with Crippen LogP contribution in [0.4, 0.5) is 0 Å². The van der Waals surface area contributed by atoms with E-state index in [1.165, 1.54) is 0 Å². The van der Waals surface area contributed by atoms with Gasteiger partial charge < -0.3 is 57.6 Å². The zero-order chi connectivity index (χ0) is 26.2. The van der Waals surface area contributed by atoms with Crippen LogP contribution >= 0.6 is 0 Å². The number of hydrogen-bond donors (Lipinski definition) is 2. The van der Waals surface area contributed by atoms with E-state index >= 15 is 0 Å². The molecule has 12 heteroatoms. The van der Waals surface area contributed by atoms with Gasteiger partial charge in [0.25, 0.3) is 0 Å². The predicted molar refractivity (Wildman–Crippen MR) is 131 cm³/mol. The van der Waals surface area contributed by atoms with Crippen LogP contribution in [-0.2, 0) is 47.4 Å². The summed E-state index contributed by atoms with van der Waals surface area (Å²) in [6.07, 6.45) is 1.08. The third-order valence-electron chi connectivity index (χ3n) is 4.28. The lowest BCUT2D eigenvalue weighted by Gasteiger charge is -2.12. The zero-order valence-electron chi connectivity index (χ0n) is 22.1. The number of aliphatic hydroxyl groups excluding tert-OH is 2. The van der Waals surface area contributed by atoms with E-state index in [1.807, 2.05) is 0 Å². The number of unbranched alkanes of at least 4 members (excludes halogenated alkanes) is 1. The molecule has 0 saturated carbocycles. The van der Waals surface area contributed by atoms with E-state index in [0.717, 1.165) is 12.8 Å². The minimum absolute atomic E-state index is 0.0254. The van der Waals surface area contributed by atoms with Crippen molar-refractivity contribution in [3.05, 3.63) is 0 Å². The van der Waals surface area contributed by atoms with Crippen LogP contribution in [0.1, 0.15) is 19.8 Å². The highest BCUT2D eigenvalue weighted by atomic mass is 16.6. The second-order valence-electron chi connectivity index (χ2n) is 7.38. The monoisotopic (exact) mass is 530 g/mol. The molecule has 0 bridgehead atoms. The predicted octanol–water partition coefficient (Wildman–Crippen LogP) is 0.263.